The van der Waals surface area contributed by atoms with E-state index in [-0.39, 0.29) is 11.9 Å². The molecule has 1 atom stereocenters. The average Bonchev–Trinajstić information content (AvgIpc) is 2.47. The van der Waals surface area contributed by atoms with Crippen LogP contribution in [0.2, 0.25) is 0 Å². The molecule has 1 aliphatic heterocycles. The molecule has 1 aliphatic rings. The zero-order valence-corrected chi connectivity index (χ0v) is 11.4. The monoisotopic (exact) mass is 273 g/mol. The van der Waals surface area contributed by atoms with Crippen LogP contribution in [0.3, 0.4) is 0 Å². The Morgan fingerprint density at radius 1 is 1.60 bits per heavy atom. The van der Waals surface area contributed by atoms with E-state index in [0.717, 1.165) is 44.3 Å². The van der Waals surface area contributed by atoms with Gasteiger partial charge in [0.15, 0.2) is 6.29 Å². The van der Waals surface area contributed by atoms with Crippen LogP contribution in [0, 0.1) is 0 Å². The van der Waals surface area contributed by atoms with Crippen LogP contribution in [0.25, 0.3) is 0 Å². The molecule has 0 aromatic carbocycles. The Morgan fingerprint density at radius 2 is 2.45 bits per heavy atom. The van der Waals surface area contributed by atoms with E-state index in [9.17, 15) is 9.59 Å². The summed E-state index contributed by atoms with van der Waals surface area (Å²) in [5.41, 5.74) is 1.52. The first-order valence-corrected chi connectivity index (χ1v) is 6.76. The van der Waals surface area contributed by atoms with Crippen molar-refractivity contribution in [3.05, 3.63) is 42.2 Å². The van der Waals surface area contributed by atoms with Crippen molar-refractivity contribution in [2.75, 3.05) is 13.1 Å². The molecule has 106 valence electrons. The van der Waals surface area contributed by atoms with Crippen molar-refractivity contribution in [1.82, 2.24) is 15.2 Å². The molecule has 1 unspecified atom stereocenters. The summed E-state index contributed by atoms with van der Waals surface area (Å²) in [4.78, 5) is 28.3. The molecule has 1 amide bonds. The lowest BCUT2D eigenvalue weighted by Gasteiger charge is -2.33. The second-order valence-electron chi connectivity index (χ2n) is 4.99. The summed E-state index contributed by atoms with van der Waals surface area (Å²) >= 11 is 0. The quantitative estimate of drug-likeness (QED) is 0.646. The molecule has 0 spiro atoms. The van der Waals surface area contributed by atoms with Crippen LogP contribution in [-0.2, 0) is 11.3 Å². The number of aromatic nitrogens is 1. The van der Waals surface area contributed by atoms with Crippen molar-refractivity contribution in [1.29, 1.82) is 0 Å². The Balaban J connectivity index is 1.93. The van der Waals surface area contributed by atoms with Gasteiger partial charge in [-0.15, -0.1) is 0 Å². The van der Waals surface area contributed by atoms with Gasteiger partial charge in [-0.2, -0.15) is 0 Å². The van der Waals surface area contributed by atoms with E-state index < -0.39 is 0 Å². The number of rotatable bonds is 5. The van der Waals surface area contributed by atoms with Gasteiger partial charge in [0.1, 0.15) is 5.69 Å². The molecule has 20 heavy (non-hydrogen) atoms. The maximum Gasteiger partial charge on any atom is 0.243 e. The summed E-state index contributed by atoms with van der Waals surface area (Å²) in [6.45, 7) is 6.05. The zero-order valence-electron chi connectivity index (χ0n) is 11.4. The highest BCUT2D eigenvalue weighted by molar-refractivity contribution is 5.87. The van der Waals surface area contributed by atoms with Gasteiger partial charge in [0.25, 0.3) is 0 Å². The first-order chi connectivity index (χ1) is 9.71. The van der Waals surface area contributed by atoms with Gasteiger partial charge in [-0.3, -0.25) is 19.5 Å². The first kappa shape index (κ1) is 14.4. The number of piperidine rings is 1. The fourth-order valence-electron chi connectivity index (χ4n) is 2.49. The summed E-state index contributed by atoms with van der Waals surface area (Å²) in [5, 5.41) is 2.94. The number of hydrogen-bond donors (Lipinski definition) is 1. The van der Waals surface area contributed by atoms with E-state index in [1.807, 2.05) is 6.07 Å². The number of pyridine rings is 1. The second-order valence-corrected chi connectivity index (χ2v) is 4.99. The van der Waals surface area contributed by atoms with E-state index in [2.05, 4.69) is 21.8 Å². The number of nitrogens with one attached hydrogen (secondary N) is 1. The molecule has 1 aromatic rings. The summed E-state index contributed by atoms with van der Waals surface area (Å²) in [7, 11) is 0. The molecule has 5 nitrogen and oxygen atoms in total. The number of amides is 1. The third-order valence-corrected chi connectivity index (χ3v) is 3.41. The Morgan fingerprint density at radius 3 is 3.20 bits per heavy atom. The number of hydrogen-bond acceptors (Lipinski definition) is 4. The predicted molar refractivity (Wildman–Crippen MR) is 76.3 cm³/mol. The molecule has 1 fully saturated rings. The highest BCUT2D eigenvalue weighted by atomic mass is 16.1. The van der Waals surface area contributed by atoms with Gasteiger partial charge in [-0.25, -0.2) is 0 Å². The van der Waals surface area contributed by atoms with Crippen LogP contribution in [0.1, 0.15) is 28.9 Å². The Labute approximate surface area is 118 Å². The summed E-state index contributed by atoms with van der Waals surface area (Å²) in [6.07, 6.45) is 5.75. The molecule has 2 rings (SSSR count). The van der Waals surface area contributed by atoms with Crippen molar-refractivity contribution in [2.45, 2.75) is 25.4 Å². The van der Waals surface area contributed by atoms with Crippen molar-refractivity contribution in [3.63, 3.8) is 0 Å². The SMILES string of the molecule is C=CC(=O)NC1CCCN(Cc2ccnc(C=O)c2)C1. The van der Waals surface area contributed by atoms with Crippen LogP contribution in [0.15, 0.2) is 31.0 Å². The van der Waals surface area contributed by atoms with E-state index in [1.165, 1.54) is 6.08 Å². The van der Waals surface area contributed by atoms with Gasteiger partial charge in [0.2, 0.25) is 5.91 Å². The topological polar surface area (TPSA) is 62.3 Å². The minimum Gasteiger partial charge on any atom is -0.349 e. The largest absolute Gasteiger partial charge is 0.349 e. The van der Waals surface area contributed by atoms with E-state index >= 15 is 0 Å². The summed E-state index contributed by atoms with van der Waals surface area (Å²) in [6, 6.07) is 3.89. The number of carbonyl (C=O) groups excluding carboxylic acids is 2. The van der Waals surface area contributed by atoms with Gasteiger partial charge in [0, 0.05) is 25.3 Å². The minimum atomic E-state index is -0.121. The third kappa shape index (κ3) is 3.99. The standard InChI is InChI=1S/C15H19N3O2/c1-2-15(20)17-13-4-3-7-18(10-13)9-12-5-6-16-14(8-12)11-19/h2,5-6,8,11,13H,1,3-4,7,9-10H2,(H,17,20). The first-order valence-electron chi connectivity index (χ1n) is 6.76. The van der Waals surface area contributed by atoms with Crippen LogP contribution >= 0.6 is 0 Å². The molecular formula is C15H19N3O2. The number of nitrogens with zero attached hydrogens (tertiary/aromatic N) is 2. The summed E-state index contributed by atoms with van der Waals surface area (Å²) in [5.74, 6) is -0.121. The van der Waals surface area contributed by atoms with Crippen molar-refractivity contribution < 1.29 is 9.59 Å². The van der Waals surface area contributed by atoms with Crippen LogP contribution in [0.4, 0.5) is 0 Å². The molecule has 5 heteroatoms. The molecule has 1 N–H and O–H groups in total. The maximum absolute atomic E-state index is 11.3. The maximum atomic E-state index is 11.3. The molecule has 0 radical (unpaired) electrons. The van der Waals surface area contributed by atoms with E-state index in [4.69, 9.17) is 0 Å². The molecule has 1 aromatic heterocycles. The molecule has 0 saturated carbocycles. The lowest BCUT2D eigenvalue weighted by Crippen LogP contribution is -2.46. The fourth-order valence-corrected chi connectivity index (χ4v) is 2.49. The smallest absolute Gasteiger partial charge is 0.243 e. The highest BCUT2D eigenvalue weighted by Gasteiger charge is 2.20. The Hall–Kier alpha value is -2.01. The van der Waals surface area contributed by atoms with Gasteiger partial charge >= 0.3 is 0 Å². The average molecular weight is 273 g/mol. The Kier molecular flexibility index (Phi) is 5.01. The van der Waals surface area contributed by atoms with Gasteiger partial charge in [0.05, 0.1) is 0 Å². The summed E-state index contributed by atoms with van der Waals surface area (Å²) < 4.78 is 0. The molecule has 1 saturated heterocycles. The fraction of sp³-hybridized carbons (Fsp3) is 0.400. The number of likely N-dealkylation sites (tertiary alicyclic amines) is 1. The van der Waals surface area contributed by atoms with Crippen LogP contribution in [-0.4, -0.2) is 41.2 Å². The highest BCUT2D eigenvalue weighted by Crippen LogP contribution is 2.14. The van der Waals surface area contributed by atoms with Gasteiger partial charge in [-0.05, 0) is 43.2 Å². The number of aldehydes is 1. The predicted octanol–water partition coefficient (Wildman–Crippen LogP) is 1.16. The Bertz CT molecular complexity index is 502. The second kappa shape index (κ2) is 6.96. The molecule has 0 aliphatic carbocycles. The van der Waals surface area contributed by atoms with E-state index in [1.54, 1.807) is 12.3 Å². The van der Waals surface area contributed by atoms with Crippen molar-refractivity contribution in [3.8, 4) is 0 Å². The van der Waals surface area contributed by atoms with Gasteiger partial charge < -0.3 is 5.32 Å². The lowest BCUT2D eigenvalue weighted by molar-refractivity contribution is -0.117. The molecular weight excluding hydrogens is 254 g/mol. The van der Waals surface area contributed by atoms with Crippen molar-refractivity contribution in [2.24, 2.45) is 0 Å². The van der Waals surface area contributed by atoms with Crippen molar-refractivity contribution >= 4 is 12.2 Å². The minimum absolute atomic E-state index is 0.121. The van der Waals surface area contributed by atoms with Crippen LogP contribution < -0.4 is 5.32 Å². The van der Waals surface area contributed by atoms with Crippen LogP contribution in [0.5, 0.6) is 0 Å². The normalized spacial score (nSPS) is 19.3. The molecule has 0 bridgehead atoms. The lowest BCUT2D eigenvalue weighted by atomic mass is 10.0. The van der Waals surface area contributed by atoms with E-state index in [0.29, 0.717) is 5.69 Å². The van der Waals surface area contributed by atoms with Gasteiger partial charge in [-0.1, -0.05) is 6.58 Å². The number of carbonyl (C=O) groups is 2. The third-order valence-electron chi connectivity index (χ3n) is 3.41. The zero-order chi connectivity index (χ0) is 14.4. The molecule has 2 heterocycles.